The van der Waals surface area contributed by atoms with E-state index in [1.165, 1.54) is 0 Å². The van der Waals surface area contributed by atoms with Crippen LogP contribution in [-0.4, -0.2) is 59.8 Å². The molecule has 6 heterocycles. The molecule has 0 bridgehead atoms. The average Bonchev–Trinajstić information content (AvgIpc) is 3.91. The third kappa shape index (κ3) is 73.1. The maximum absolute atomic E-state index is 7.00. The molecule has 6 aromatic rings. The smallest absolute Gasteiger partial charge is 2.00 e. The summed E-state index contributed by atoms with van der Waals surface area (Å²) in [7, 11) is 0. The topological polar surface area (TPSA) is 414 Å². The van der Waals surface area contributed by atoms with Gasteiger partial charge in [-0.2, -0.15) is 0 Å². The fraction of sp³-hybridized carbons (Fsp3) is 0. The minimum absolute atomic E-state index is 0. The molecule has 0 saturated carbocycles. The molecular formula is C18H24CuN12O10V2-10. The van der Waals surface area contributed by atoms with Crippen molar-refractivity contribution >= 4 is 0 Å². The first-order valence-corrected chi connectivity index (χ1v) is 9.23. The van der Waals surface area contributed by atoms with Crippen LogP contribution in [0.4, 0.5) is 0 Å². The number of rotatable bonds is 0. The first kappa shape index (κ1) is 63.0. The van der Waals surface area contributed by atoms with Crippen molar-refractivity contribution in [2.24, 2.45) is 0 Å². The number of imidazole rings is 6. The van der Waals surface area contributed by atoms with Gasteiger partial charge >= 0.3 is 17.1 Å². The van der Waals surface area contributed by atoms with Gasteiger partial charge in [0.05, 0.1) is 38.0 Å². The van der Waals surface area contributed by atoms with Crippen LogP contribution in [0.2, 0.25) is 0 Å². The van der Waals surface area contributed by atoms with E-state index in [0.29, 0.717) is 0 Å². The van der Waals surface area contributed by atoms with E-state index in [-0.39, 0.29) is 65.1 Å². The van der Waals surface area contributed by atoms with E-state index in [0.717, 1.165) is 0 Å². The molecule has 43 heavy (non-hydrogen) atoms. The van der Waals surface area contributed by atoms with Crippen LogP contribution in [0.1, 0.15) is 0 Å². The number of hydrogen-bond acceptors (Lipinski definition) is 14. The summed E-state index contributed by atoms with van der Waals surface area (Å²) in [6.45, 7) is 0. The second-order valence-corrected chi connectivity index (χ2v) is 4.56. The number of aromatic nitrogens is 12. The van der Waals surface area contributed by atoms with Gasteiger partial charge in [0.15, 0.2) is 0 Å². The van der Waals surface area contributed by atoms with Gasteiger partial charge < -0.3 is 82.9 Å². The van der Waals surface area contributed by atoms with E-state index in [1.807, 2.05) is 0 Å². The Hall–Kier alpha value is -3.45. The van der Waals surface area contributed by atoms with Crippen LogP contribution in [0.25, 0.3) is 0 Å². The van der Waals surface area contributed by atoms with Gasteiger partial charge in [-0.15, -0.1) is 0 Å². The molecule has 0 saturated heterocycles. The van der Waals surface area contributed by atoms with Crippen LogP contribution >= 0.6 is 0 Å². The van der Waals surface area contributed by atoms with Gasteiger partial charge in [0.2, 0.25) is 0 Å². The molecule has 247 valence electrons. The van der Waals surface area contributed by atoms with Crippen molar-refractivity contribution in [3.05, 3.63) is 112 Å². The molecular weight excluding hydrogens is 710 g/mol. The van der Waals surface area contributed by atoms with Crippen LogP contribution < -0.4 is 42.1 Å². The Morgan fingerprint density at radius 3 is 0.442 bits per heavy atom. The molecule has 0 atom stereocenters. The van der Waals surface area contributed by atoms with Crippen LogP contribution in [0.15, 0.2) is 112 Å². The number of nitrogens with zero attached hydrogens (tertiary/aromatic N) is 6. The molecule has 0 aliphatic rings. The first-order valence-electron chi connectivity index (χ1n) is 9.23. The molecule has 0 amide bonds. The van der Waals surface area contributed by atoms with E-state index in [1.54, 1.807) is 112 Å². The number of H-pyrrole nitrogens is 6. The second kappa shape index (κ2) is 77.1. The van der Waals surface area contributed by atoms with Gasteiger partial charge in [0, 0.05) is 111 Å². The number of aromatic amines is 6. The molecule has 22 nitrogen and oxygen atoms in total. The van der Waals surface area contributed by atoms with Crippen molar-refractivity contribution in [2.75, 3.05) is 0 Å². The average molecular weight is 734 g/mol. The van der Waals surface area contributed by atoms with Gasteiger partial charge in [-0.05, 0) is 0 Å². The number of nitrogens with one attached hydrogen (secondary N) is 6. The first-order chi connectivity index (χ1) is 19.0. The zero-order valence-corrected chi connectivity index (χ0v) is 25.1. The fourth-order valence-corrected chi connectivity index (χ4v) is 1.29. The maximum atomic E-state index is 7.00. The molecule has 6 aromatic heterocycles. The normalized spacial score (nSPS) is 6.14. The Morgan fingerprint density at radius 2 is 0.419 bits per heavy atom. The number of hydrogen-bond donors (Lipinski definition) is 6. The third-order valence-corrected chi connectivity index (χ3v) is 2.44. The Labute approximate surface area is 278 Å². The van der Waals surface area contributed by atoms with Crippen molar-refractivity contribution in [3.8, 4) is 0 Å². The Balaban J connectivity index is -0.0000000431. The zero-order chi connectivity index (χ0) is 29.2. The largest absolute Gasteiger partial charge is 2.00 e. The molecule has 0 unspecified atom stereocenters. The maximum Gasteiger partial charge on any atom is 2.00 e. The molecule has 25 heteroatoms. The Bertz CT molecular complexity index is 623. The minimum atomic E-state index is 0. The van der Waals surface area contributed by atoms with E-state index in [9.17, 15) is 0 Å². The second-order valence-electron chi connectivity index (χ2n) is 4.56. The Morgan fingerprint density at radius 1 is 0.302 bits per heavy atom. The summed E-state index contributed by atoms with van der Waals surface area (Å²) in [6.07, 6.45) is 30.5. The minimum Gasteiger partial charge on any atom is -2.00 e. The summed E-state index contributed by atoms with van der Waals surface area (Å²) < 4.78 is 0. The quantitative estimate of drug-likeness (QED) is 0.0480. The zero-order valence-electron chi connectivity index (χ0n) is 21.4. The fourth-order valence-electron chi connectivity index (χ4n) is 1.29. The summed E-state index contributed by atoms with van der Waals surface area (Å²) in [6, 6.07) is 0. The monoisotopic (exact) mass is 733 g/mol. The van der Waals surface area contributed by atoms with Gasteiger partial charge in [0.25, 0.3) is 0 Å². The van der Waals surface area contributed by atoms with Crippen LogP contribution in [0.3, 0.4) is 0 Å². The van der Waals surface area contributed by atoms with Crippen molar-refractivity contribution in [3.63, 3.8) is 0 Å². The van der Waals surface area contributed by atoms with E-state index >= 15 is 0 Å². The standard InChI is InChI=1S/6C3H4N2.Cu.4O2.2O.2V/c6*1-2-5-3-4-1;;4*1-2;;;;/h6*1-3H,(H,4,5);;;;;;;;;/q;;;;;;+2;6*-2;;. The van der Waals surface area contributed by atoms with Crippen LogP contribution in [0.5, 0.6) is 0 Å². The van der Waals surface area contributed by atoms with Crippen molar-refractivity contribution < 1.29 is 107 Å². The van der Waals surface area contributed by atoms with Crippen molar-refractivity contribution in [1.82, 2.24) is 59.8 Å². The molecule has 0 aliphatic carbocycles. The van der Waals surface area contributed by atoms with Gasteiger partial charge in [-0.25, -0.2) is 29.9 Å². The Kier molecular flexibility index (Phi) is 113. The van der Waals surface area contributed by atoms with Crippen LogP contribution in [0, 0.1) is 0 Å². The molecule has 0 fully saturated rings. The van der Waals surface area contributed by atoms with E-state index in [2.05, 4.69) is 59.8 Å². The van der Waals surface area contributed by atoms with E-state index in [4.69, 9.17) is 42.1 Å². The van der Waals surface area contributed by atoms with E-state index < -0.39 is 0 Å². The van der Waals surface area contributed by atoms with Gasteiger partial charge in [-0.3, -0.25) is 0 Å². The van der Waals surface area contributed by atoms with Crippen molar-refractivity contribution in [1.29, 1.82) is 0 Å². The summed E-state index contributed by atoms with van der Waals surface area (Å²) in [5, 5.41) is 56.0. The molecule has 6 rings (SSSR count). The van der Waals surface area contributed by atoms with Gasteiger partial charge in [-0.1, -0.05) is 0 Å². The molecule has 3 radical (unpaired) electrons. The summed E-state index contributed by atoms with van der Waals surface area (Å²) in [5.41, 5.74) is 0. The SMILES string of the molecule is [Cu+2].[O-2].[O-2].[O-][O-].[O-][O-].[O-][O-].[O-][O-].[V].[V].c1c[nH]cn1.c1c[nH]cn1.c1c[nH]cn1.c1c[nH]cn1.c1c[nH]cn1.c1c[nH]cn1. The molecule has 0 spiro atoms. The summed E-state index contributed by atoms with van der Waals surface area (Å²) >= 11 is 0. The summed E-state index contributed by atoms with van der Waals surface area (Å²) in [5.74, 6) is 0. The molecule has 6 N–H and O–H groups in total. The molecule has 0 aliphatic heterocycles. The molecule has 0 aromatic carbocycles. The van der Waals surface area contributed by atoms with Crippen molar-refractivity contribution in [2.45, 2.75) is 0 Å². The summed E-state index contributed by atoms with van der Waals surface area (Å²) in [4.78, 5) is 38.5. The predicted molar refractivity (Wildman–Crippen MR) is 113 cm³/mol. The van der Waals surface area contributed by atoms with Crippen LogP contribution in [-0.2, 0) is 65.1 Å². The van der Waals surface area contributed by atoms with Gasteiger partial charge in [0.1, 0.15) is 0 Å². The third-order valence-electron chi connectivity index (χ3n) is 2.44. The predicted octanol–water partition coefficient (Wildman–Crippen LogP) is -7.30.